The summed E-state index contributed by atoms with van der Waals surface area (Å²) in [5, 5.41) is 0. The van der Waals surface area contributed by atoms with Gasteiger partial charge in [-0.2, -0.15) is 0 Å². The maximum atomic E-state index is 7.28. The Hall–Kier alpha value is 1.61. The van der Waals surface area contributed by atoms with Crippen LogP contribution in [-0.2, 0) is 57.6 Å². The fraction of sp³-hybridized carbons (Fsp3) is 1.00. The van der Waals surface area contributed by atoms with Gasteiger partial charge in [0.05, 0.1) is 0 Å². The van der Waals surface area contributed by atoms with E-state index in [2.05, 4.69) is 0 Å². The van der Waals surface area contributed by atoms with E-state index in [0.717, 1.165) is 0 Å². The van der Waals surface area contributed by atoms with Gasteiger partial charge in [-0.15, -0.1) is 0 Å². The van der Waals surface area contributed by atoms with Gasteiger partial charge in [0.15, 0.2) is 0 Å². The van der Waals surface area contributed by atoms with Crippen LogP contribution in [0.2, 0.25) is 60.4 Å². The third kappa shape index (κ3) is 6.59. The monoisotopic (exact) mass is 794 g/mol. The smallest absolute Gasteiger partial charge is 0.393 e. The number of hydrogen-bond acceptors (Lipinski definition) is 14. The van der Waals surface area contributed by atoms with Gasteiger partial charge in [-0.05, 0) is 12.1 Å². The van der Waals surface area contributed by atoms with E-state index in [1.54, 1.807) is 0 Å². The Morgan fingerprint density at radius 1 is 0.273 bits per heavy atom. The summed E-state index contributed by atoms with van der Waals surface area (Å²) < 4.78 is 100. The fourth-order valence-electron chi connectivity index (χ4n) is 5.63. The highest BCUT2D eigenvalue weighted by Crippen LogP contribution is 2.49. The lowest BCUT2D eigenvalue weighted by molar-refractivity contribution is 0.00406. The van der Waals surface area contributed by atoms with Crippen molar-refractivity contribution in [1.82, 2.24) is 0 Å². The molecule has 5 saturated heterocycles. The van der Waals surface area contributed by atoms with Gasteiger partial charge in [-0.3, -0.25) is 0 Å². The Bertz CT molecular complexity index is 963. The minimum absolute atomic E-state index is 0.401. The van der Waals surface area contributed by atoms with Gasteiger partial charge in [0.2, 0.25) is 0 Å². The first-order valence-electron chi connectivity index (χ1n) is 16.3. The second kappa shape index (κ2) is 13.4. The van der Waals surface area contributed by atoms with E-state index in [4.69, 9.17) is 57.6 Å². The molecule has 8 bridgehead atoms. The van der Waals surface area contributed by atoms with Crippen LogP contribution in [0.15, 0.2) is 0 Å². The van der Waals surface area contributed by atoms with Gasteiger partial charge in [0.1, 0.15) is 0 Å². The molecule has 24 heteroatoms. The minimum Gasteiger partial charge on any atom is -0.393 e. The van der Waals surface area contributed by atoms with E-state index in [-0.39, 0.29) is 0 Å². The van der Waals surface area contributed by atoms with E-state index in [1.165, 1.54) is 0 Å². The van der Waals surface area contributed by atoms with E-state index in [0.29, 0.717) is 60.4 Å². The van der Waals surface area contributed by atoms with Gasteiger partial charge >= 0.3 is 89.0 Å². The lowest BCUT2D eigenvalue weighted by Gasteiger charge is -2.59. The first-order chi connectivity index (χ1) is 20.8. The summed E-state index contributed by atoms with van der Waals surface area (Å²) in [6, 6.07) is 4.68. The average molecular weight is 795 g/mol. The largest absolute Gasteiger partial charge is 0.478 e. The Kier molecular flexibility index (Phi) is 11.2. The van der Waals surface area contributed by atoms with Crippen LogP contribution in [0.1, 0.15) is 69.2 Å². The molecule has 5 fully saturated rings. The van der Waals surface area contributed by atoms with Crippen molar-refractivity contribution in [2.45, 2.75) is 130 Å². The molecule has 2 radical (unpaired) electrons. The van der Waals surface area contributed by atoms with Crippen LogP contribution in [-0.4, -0.2) is 89.0 Å². The summed E-state index contributed by atoms with van der Waals surface area (Å²) in [7, 11) is -33.5. The number of hydrogen-bond donors (Lipinski definition) is 0. The van der Waals surface area contributed by atoms with E-state index < -0.39 is 89.0 Å². The molecule has 0 amide bonds. The molecule has 5 aliphatic heterocycles. The maximum absolute atomic E-state index is 7.28. The van der Waals surface area contributed by atoms with Crippen molar-refractivity contribution in [3.8, 4) is 0 Å². The van der Waals surface area contributed by atoms with Crippen LogP contribution in [0.4, 0.5) is 0 Å². The summed E-state index contributed by atoms with van der Waals surface area (Å²) in [5.41, 5.74) is 0. The third-order valence-corrected chi connectivity index (χ3v) is 49.8. The summed E-state index contributed by atoms with van der Waals surface area (Å²) in [5.74, 6) is 0. The van der Waals surface area contributed by atoms with Crippen LogP contribution in [0.25, 0.3) is 0 Å². The Labute approximate surface area is 275 Å². The molecule has 0 aromatic heterocycles. The standard InChI is InChI=1S/C20H50O14Si10/c1-11-35-21-37(13-3)25-38(14-4)22-36(12-2)24-40(16-6)29-42(18-8,27-38)33-44(20-10)32-41(17-7,26-37)28-39(15-5,23-35)30-43(19-9,31-40)34-44/h11-20H2,1-10H3. The number of fused-ring (bicyclic) bond motifs is 5. The van der Waals surface area contributed by atoms with Crippen molar-refractivity contribution in [2.75, 3.05) is 0 Å². The van der Waals surface area contributed by atoms with Gasteiger partial charge < -0.3 is 57.6 Å². The van der Waals surface area contributed by atoms with Crippen LogP contribution in [0.3, 0.4) is 0 Å². The molecule has 5 rings (SSSR count). The minimum atomic E-state index is -3.77. The van der Waals surface area contributed by atoms with Gasteiger partial charge in [0, 0.05) is 48.4 Å². The van der Waals surface area contributed by atoms with Crippen LogP contribution < -0.4 is 0 Å². The van der Waals surface area contributed by atoms with Crippen LogP contribution >= 0.6 is 0 Å². The highest BCUT2D eigenvalue weighted by atomic mass is 28.6. The zero-order chi connectivity index (χ0) is 32.1. The fourth-order valence-corrected chi connectivity index (χ4v) is 60.4. The van der Waals surface area contributed by atoms with E-state index in [9.17, 15) is 0 Å². The van der Waals surface area contributed by atoms with Crippen LogP contribution in [0, 0.1) is 0 Å². The van der Waals surface area contributed by atoms with E-state index >= 15 is 0 Å². The molecule has 6 atom stereocenters. The molecule has 0 aliphatic carbocycles. The molecule has 5 heterocycles. The lowest BCUT2D eigenvalue weighted by atomic mass is 11.0. The van der Waals surface area contributed by atoms with Gasteiger partial charge in [-0.1, -0.05) is 69.2 Å². The molecular formula is C20H50O14Si10. The van der Waals surface area contributed by atoms with Crippen LogP contribution in [0.5, 0.6) is 0 Å². The highest BCUT2D eigenvalue weighted by Gasteiger charge is 2.77. The second-order valence-corrected chi connectivity index (χ2v) is 42.1. The summed E-state index contributed by atoms with van der Waals surface area (Å²) in [6.07, 6.45) is 0. The maximum Gasteiger partial charge on any atom is 0.478 e. The molecule has 0 saturated carbocycles. The summed E-state index contributed by atoms with van der Waals surface area (Å²) in [6.45, 7) is 20.1. The number of rotatable bonds is 10. The zero-order valence-electron chi connectivity index (χ0n) is 27.8. The second-order valence-electron chi connectivity index (χ2n) is 11.2. The normalized spacial score (nSPS) is 48.4. The predicted octanol–water partition coefficient (Wildman–Crippen LogP) is 4.97. The first-order valence-corrected chi connectivity index (χ1v) is 34.8. The highest BCUT2D eigenvalue weighted by molar-refractivity contribution is 7.00. The zero-order valence-corrected chi connectivity index (χ0v) is 37.8. The Balaban J connectivity index is 1.90. The Morgan fingerprint density at radius 2 is 0.432 bits per heavy atom. The molecule has 0 aromatic rings. The SMILES string of the molecule is CC[Si]1O[Si]2(CC)O[Si]3(CC)O[Si](CC)O[Si]4(CC)O[Si](CC)(O3)O[Si]3(CC)O[Si](CC)(O2)O[Si](CC)(O1)O[Si](CC)(O4)O3. The molecule has 0 aromatic carbocycles. The molecule has 44 heavy (non-hydrogen) atoms. The van der Waals surface area contributed by atoms with Crippen molar-refractivity contribution in [3.05, 3.63) is 0 Å². The quantitative estimate of drug-likeness (QED) is 0.276. The van der Waals surface area contributed by atoms with E-state index in [1.807, 2.05) is 69.2 Å². The first kappa shape index (κ1) is 36.9. The molecule has 5 aliphatic rings. The molecule has 14 nitrogen and oxygen atoms in total. The molecule has 254 valence electrons. The predicted molar refractivity (Wildman–Crippen MR) is 178 cm³/mol. The third-order valence-electron chi connectivity index (χ3n) is 8.23. The van der Waals surface area contributed by atoms with Crippen molar-refractivity contribution in [2.24, 2.45) is 0 Å². The molecule has 0 spiro atoms. The molecular weight excluding hydrogens is 745 g/mol. The van der Waals surface area contributed by atoms with Crippen molar-refractivity contribution < 1.29 is 57.6 Å². The Morgan fingerprint density at radius 3 is 0.591 bits per heavy atom. The van der Waals surface area contributed by atoms with Gasteiger partial charge in [0.25, 0.3) is 0 Å². The average Bonchev–Trinajstić information content (AvgIpc) is 3.00. The topological polar surface area (TPSA) is 129 Å². The van der Waals surface area contributed by atoms with Crippen molar-refractivity contribution in [3.63, 3.8) is 0 Å². The van der Waals surface area contributed by atoms with Crippen molar-refractivity contribution >= 4 is 89.0 Å². The molecule has 6 unspecified atom stereocenters. The van der Waals surface area contributed by atoms with Crippen molar-refractivity contribution in [1.29, 1.82) is 0 Å². The molecule has 0 N–H and O–H groups in total. The lowest BCUT2D eigenvalue weighted by Crippen LogP contribution is -2.84. The van der Waals surface area contributed by atoms with Gasteiger partial charge in [-0.25, -0.2) is 0 Å². The summed E-state index contributed by atoms with van der Waals surface area (Å²) >= 11 is 0. The summed E-state index contributed by atoms with van der Waals surface area (Å²) in [4.78, 5) is 0.